The number of nitrogens with two attached hydrogens (primary N) is 1. The summed E-state index contributed by atoms with van der Waals surface area (Å²) in [4.78, 5) is 2.33. The largest absolute Gasteiger partial charge is 0.492 e. The Bertz CT molecular complexity index is 400. The Labute approximate surface area is 116 Å². The molecule has 0 saturated heterocycles. The van der Waals surface area contributed by atoms with Gasteiger partial charge in [0.2, 0.25) is 0 Å². The monoisotopic (exact) mass is 262 g/mol. The van der Waals surface area contributed by atoms with Crippen LogP contribution in [0, 0.1) is 5.92 Å². The minimum atomic E-state index is 0.653. The first-order valence-electron chi connectivity index (χ1n) is 7.44. The van der Waals surface area contributed by atoms with Gasteiger partial charge in [-0.15, -0.1) is 0 Å². The molecule has 3 heteroatoms. The molecule has 0 aromatic heterocycles. The van der Waals surface area contributed by atoms with E-state index in [9.17, 15) is 0 Å². The number of nitrogen functional groups attached to an aromatic ring is 1. The lowest BCUT2D eigenvalue weighted by Crippen LogP contribution is -2.26. The summed E-state index contributed by atoms with van der Waals surface area (Å²) in [6.07, 6.45) is 6.95. The van der Waals surface area contributed by atoms with Crippen LogP contribution in [0.3, 0.4) is 0 Å². The van der Waals surface area contributed by atoms with E-state index in [2.05, 4.69) is 24.1 Å². The van der Waals surface area contributed by atoms with Gasteiger partial charge in [-0.2, -0.15) is 0 Å². The molecule has 2 N–H and O–H groups in total. The Morgan fingerprint density at radius 1 is 1.26 bits per heavy atom. The summed E-state index contributed by atoms with van der Waals surface area (Å²) >= 11 is 0. The van der Waals surface area contributed by atoms with Crippen LogP contribution in [0.1, 0.15) is 39.0 Å². The van der Waals surface area contributed by atoms with E-state index in [0.29, 0.717) is 6.61 Å². The molecule has 0 heterocycles. The van der Waals surface area contributed by atoms with Crippen LogP contribution in [0.5, 0.6) is 5.75 Å². The number of hydrogen-bond acceptors (Lipinski definition) is 3. The number of rotatable bonds is 5. The van der Waals surface area contributed by atoms with Crippen molar-refractivity contribution in [2.45, 2.75) is 39.0 Å². The molecule has 0 unspecified atom stereocenters. The molecule has 0 amide bonds. The minimum Gasteiger partial charge on any atom is -0.492 e. The van der Waals surface area contributed by atoms with Crippen molar-refractivity contribution in [2.24, 2.45) is 5.92 Å². The van der Waals surface area contributed by atoms with Crippen molar-refractivity contribution < 1.29 is 4.74 Å². The molecular formula is C16H26N2O. The molecule has 19 heavy (non-hydrogen) atoms. The molecule has 1 aromatic rings. The Hall–Kier alpha value is -1.38. The van der Waals surface area contributed by atoms with Crippen LogP contribution >= 0.6 is 0 Å². The maximum absolute atomic E-state index is 5.92. The second-order valence-corrected chi connectivity index (χ2v) is 5.54. The van der Waals surface area contributed by atoms with Crippen LogP contribution in [0.25, 0.3) is 0 Å². The molecule has 106 valence electrons. The van der Waals surface area contributed by atoms with Gasteiger partial charge in [0.15, 0.2) is 0 Å². The van der Waals surface area contributed by atoms with E-state index in [-0.39, 0.29) is 0 Å². The van der Waals surface area contributed by atoms with Crippen molar-refractivity contribution in [3.63, 3.8) is 0 Å². The van der Waals surface area contributed by atoms with E-state index in [0.717, 1.165) is 23.9 Å². The first kappa shape index (κ1) is 14.0. The van der Waals surface area contributed by atoms with Gasteiger partial charge >= 0.3 is 0 Å². The summed E-state index contributed by atoms with van der Waals surface area (Å²) in [6, 6.07) is 6.08. The first-order valence-corrected chi connectivity index (χ1v) is 7.44. The molecule has 2 rings (SSSR count). The van der Waals surface area contributed by atoms with Crippen LogP contribution in [-0.4, -0.2) is 20.2 Å². The second-order valence-electron chi connectivity index (χ2n) is 5.54. The SMILES string of the molecule is CCOc1cc(N(C)CC2CCCCC2)ccc1N. The second kappa shape index (κ2) is 6.69. The summed E-state index contributed by atoms with van der Waals surface area (Å²) in [5.74, 6) is 1.64. The zero-order valence-corrected chi connectivity index (χ0v) is 12.2. The number of anilines is 2. The van der Waals surface area contributed by atoms with Gasteiger partial charge in [0.05, 0.1) is 12.3 Å². The van der Waals surface area contributed by atoms with E-state index >= 15 is 0 Å². The third-order valence-corrected chi connectivity index (χ3v) is 3.99. The molecule has 0 spiro atoms. The highest BCUT2D eigenvalue weighted by Gasteiger charge is 2.16. The smallest absolute Gasteiger partial charge is 0.144 e. The number of nitrogens with zero attached hydrogens (tertiary/aromatic N) is 1. The third-order valence-electron chi connectivity index (χ3n) is 3.99. The highest BCUT2D eigenvalue weighted by Crippen LogP contribution is 2.30. The minimum absolute atomic E-state index is 0.653. The van der Waals surface area contributed by atoms with Gasteiger partial charge in [-0.3, -0.25) is 0 Å². The highest BCUT2D eigenvalue weighted by atomic mass is 16.5. The molecule has 3 nitrogen and oxygen atoms in total. The third kappa shape index (κ3) is 3.79. The maximum atomic E-state index is 5.92. The fourth-order valence-electron chi connectivity index (χ4n) is 2.90. The van der Waals surface area contributed by atoms with Crippen LogP contribution < -0.4 is 15.4 Å². The van der Waals surface area contributed by atoms with Gasteiger partial charge < -0.3 is 15.4 Å². The van der Waals surface area contributed by atoms with E-state index in [1.165, 1.54) is 37.8 Å². The van der Waals surface area contributed by atoms with Crippen molar-refractivity contribution in [1.29, 1.82) is 0 Å². The lowest BCUT2D eigenvalue weighted by molar-refractivity contribution is 0.341. The quantitative estimate of drug-likeness (QED) is 0.823. The zero-order chi connectivity index (χ0) is 13.7. The standard InChI is InChI=1S/C16H26N2O/c1-3-19-16-11-14(9-10-15(16)17)18(2)12-13-7-5-4-6-8-13/h9-11,13H,3-8,12,17H2,1-2H3. The van der Waals surface area contributed by atoms with Gasteiger partial charge in [-0.25, -0.2) is 0 Å². The number of ether oxygens (including phenoxy) is 1. The van der Waals surface area contributed by atoms with Gasteiger partial charge in [0.25, 0.3) is 0 Å². The Balaban J connectivity index is 2.01. The fourth-order valence-corrected chi connectivity index (χ4v) is 2.90. The molecule has 0 aliphatic heterocycles. The van der Waals surface area contributed by atoms with Crippen molar-refractivity contribution in [2.75, 3.05) is 30.8 Å². The topological polar surface area (TPSA) is 38.5 Å². The molecule has 1 fully saturated rings. The van der Waals surface area contributed by atoms with E-state index in [4.69, 9.17) is 10.5 Å². The van der Waals surface area contributed by atoms with Crippen molar-refractivity contribution in [3.05, 3.63) is 18.2 Å². The molecule has 1 aromatic carbocycles. The average molecular weight is 262 g/mol. The number of benzene rings is 1. The summed E-state index contributed by atoms with van der Waals surface area (Å²) in [5, 5.41) is 0. The molecule has 1 saturated carbocycles. The van der Waals surface area contributed by atoms with Gasteiger partial charge in [0, 0.05) is 25.3 Å². The molecule has 0 bridgehead atoms. The Morgan fingerprint density at radius 2 is 2.00 bits per heavy atom. The predicted octanol–water partition coefficient (Wildman–Crippen LogP) is 3.68. The van der Waals surface area contributed by atoms with Crippen LogP contribution in [0.2, 0.25) is 0 Å². The lowest BCUT2D eigenvalue weighted by atomic mass is 9.89. The Morgan fingerprint density at radius 3 is 2.68 bits per heavy atom. The fraction of sp³-hybridized carbons (Fsp3) is 0.625. The summed E-state index contributed by atoms with van der Waals surface area (Å²) < 4.78 is 5.57. The normalized spacial score (nSPS) is 16.3. The lowest BCUT2D eigenvalue weighted by Gasteiger charge is -2.28. The first-order chi connectivity index (χ1) is 9.20. The van der Waals surface area contributed by atoms with Crippen molar-refractivity contribution in [3.8, 4) is 5.75 Å². The Kier molecular flexibility index (Phi) is 4.94. The highest BCUT2D eigenvalue weighted by molar-refractivity contribution is 5.62. The van der Waals surface area contributed by atoms with Gasteiger partial charge in [-0.1, -0.05) is 19.3 Å². The van der Waals surface area contributed by atoms with E-state index in [1.54, 1.807) is 0 Å². The zero-order valence-electron chi connectivity index (χ0n) is 12.2. The van der Waals surface area contributed by atoms with Crippen molar-refractivity contribution >= 4 is 11.4 Å². The van der Waals surface area contributed by atoms with Gasteiger partial charge in [-0.05, 0) is 37.8 Å². The molecule has 0 atom stereocenters. The molecule has 1 aliphatic rings. The number of hydrogen-bond donors (Lipinski definition) is 1. The molecule has 0 radical (unpaired) electrons. The summed E-state index contributed by atoms with van der Waals surface area (Å²) in [7, 11) is 2.16. The predicted molar refractivity (Wildman–Crippen MR) is 81.9 cm³/mol. The van der Waals surface area contributed by atoms with E-state index in [1.807, 2.05) is 13.0 Å². The van der Waals surface area contributed by atoms with Gasteiger partial charge in [0.1, 0.15) is 5.75 Å². The van der Waals surface area contributed by atoms with Crippen molar-refractivity contribution in [1.82, 2.24) is 0 Å². The summed E-state index contributed by atoms with van der Waals surface area (Å²) in [6.45, 7) is 3.77. The molecular weight excluding hydrogens is 236 g/mol. The van der Waals surface area contributed by atoms with Crippen LogP contribution in [0.15, 0.2) is 18.2 Å². The average Bonchev–Trinajstić information content (AvgIpc) is 2.42. The van der Waals surface area contributed by atoms with Crippen LogP contribution in [0.4, 0.5) is 11.4 Å². The van der Waals surface area contributed by atoms with Crippen LogP contribution in [-0.2, 0) is 0 Å². The summed E-state index contributed by atoms with van der Waals surface area (Å²) in [5.41, 5.74) is 7.83. The van der Waals surface area contributed by atoms with E-state index < -0.39 is 0 Å². The molecule has 1 aliphatic carbocycles. The maximum Gasteiger partial charge on any atom is 0.144 e.